The van der Waals surface area contributed by atoms with Crippen LogP contribution >= 0.6 is 11.6 Å². The number of nitrogens with two attached hydrogens (primary N) is 1. The lowest BCUT2D eigenvalue weighted by atomic mass is 10.1. The molecule has 0 radical (unpaired) electrons. The van der Waals surface area contributed by atoms with Gasteiger partial charge in [0.1, 0.15) is 11.9 Å². The summed E-state index contributed by atoms with van der Waals surface area (Å²) >= 11 is 5.73. The molecule has 1 heterocycles. The normalized spacial score (nSPS) is 12.7. The van der Waals surface area contributed by atoms with Gasteiger partial charge in [-0.1, -0.05) is 11.6 Å². The second kappa shape index (κ2) is 4.96. The number of hydrogen-bond donors (Lipinski definition) is 2. The lowest BCUT2D eigenvalue weighted by molar-refractivity contribution is -0.142. The topological polar surface area (TPSA) is 68.1 Å². The van der Waals surface area contributed by atoms with E-state index in [1.807, 2.05) is 0 Å². The first-order valence-electron chi connectivity index (χ1n) is 5.31. The average molecular weight is 271 g/mol. The number of H-pyrrole nitrogens is 1. The third kappa shape index (κ3) is 2.32. The quantitative estimate of drug-likeness (QED) is 0.838. The molecule has 0 aliphatic rings. The maximum absolute atomic E-state index is 13.3. The number of benzene rings is 1. The number of aromatic nitrogens is 1. The Hall–Kier alpha value is -1.59. The van der Waals surface area contributed by atoms with Crippen LogP contribution in [0, 0.1) is 5.82 Å². The summed E-state index contributed by atoms with van der Waals surface area (Å²) in [7, 11) is 1.28. The first-order chi connectivity index (χ1) is 8.52. The Kier molecular flexibility index (Phi) is 3.54. The summed E-state index contributed by atoms with van der Waals surface area (Å²) in [5, 5.41) is 0.788. The van der Waals surface area contributed by atoms with Crippen LogP contribution in [0.4, 0.5) is 4.39 Å². The molecule has 0 saturated carbocycles. The molecule has 1 atom stereocenters. The summed E-state index contributed by atoms with van der Waals surface area (Å²) in [6, 6.07) is 2.07. The summed E-state index contributed by atoms with van der Waals surface area (Å²) in [6.45, 7) is 0. The summed E-state index contributed by atoms with van der Waals surface area (Å²) in [5.74, 6) is -0.979. The van der Waals surface area contributed by atoms with Crippen LogP contribution in [0.25, 0.3) is 10.9 Å². The standard InChI is InChI=1S/C12H12ClFN2O2/c1-18-12(17)10(15)2-6-5-16-11-4-9(14)8(13)3-7(6)11/h3-5,10,16H,2,15H2,1H3/t10-/m0/s1. The number of nitrogens with one attached hydrogen (secondary N) is 1. The molecule has 1 aromatic carbocycles. The van der Waals surface area contributed by atoms with Crippen molar-refractivity contribution in [3.05, 3.63) is 34.7 Å². The van der Waals surface area contributed by atoms with Crippen LogP contribution in [0.2, 0.25) is 5.02 Å². The first kappa shape index (κ1) is 12.9. The lowest BCUT2D eigenvalue weighted by Crippen LogP contribution is -2.33. The summed E-state index contributed by atoms with van der Waals surface area (Å²) in [4.78, 5) is 14.2. The van der Waals surface area contributed by atoms with E-state index in [0.717, 1.165) is 10.9 Å². The fraction of sp³-hybridized carbons (Fsp3) is 0.250. The van der Waals surface area contributed by atoms with Gasteiger partial charge >= 0.3 is 5.97 Å². The number of carbonyl (C=O) groups excluding carboxylic acids is 1. The molecule has 0 amide bonds. The number of ether oxygens (including phenoxy) is 1. The Bertz CT molecular complexity index is 597. The highest BCUT2D eigenvalue weighted by Crippen LogP contribution is 2.25. The molecule has 0 saturated heterocycles. The number of esters is 1. The van der Waals surface area contributed by atoms with Crippen LogP contribution in [0.15, 0.2) is 18.3 Å². The monoisotopic (exact) mass is 270 g/mol. The van der Waals surface area contributed by atoms with Crippen LogP contribution in [0.3, 0.4) is 0 Å². The van der Waals surface area contributed by atoms with Crippen molar-refractivity contribution in [3.8, 4) is 0 Å². The number of aromatic amines is 1. The van der Waals surface area contributed by atoms with Gasteiger partial charge in [-0.05, 0) is 17.7 Å². The molecule has 6 heteroatoms. The van der Waals surface area contributed by atoms with Crippen molar-refractivity contribution in [2.24, 2.45) is 5.73 Å². The van der Waals surface area contributed by atoms with Crippen molar-refractivity contribution in [2.75, 3.05) is 7.11 Å². The predicted octanol–water partition coefficient (Wildman–Crippen LogP) is 2.00. The Morgan fingerprint density at radius 2 is 2.33 bits per heavy atom. The number of carbonyl (C=O) groups is 1. The Morgan fingerprint density at radius 3 is 3.00 bits per heavy atom. The van der Waals surface area contributed by atoms with Gasteiger partial charge in [-0.2, -0.15) is 0 Å². The van der Waals surface area contributed by atoms with Crippen molar-refractivity contribution in [1.29, 1.82) is 0 Å². The maximum atomic E-state index is 13.3. The fourth-order valence-electron chi connectivity index (χ4n) is 1.82. The van der Waals surface area contributed by atoms with E-state index in [2.05, 4.69) is 9.72 Å². The molecule has 0 bridgehead atoms. The molecule has 18 heavy (non-hydrogen) atoms. The molecule has 96 valence electrons. The van der Waals surface area contributed by atoms with Gasteiger partial charge in [0, 0.05) is 23.5 Å². The SMILES string of the molecule is COC(=O)[C@@H](N)Cc1c[nH]c2cc(F)c(Cl)cc12. The zero-order valence-electron chi connectivity index (χ0n) is 9.67. The van der Waals surface area contributed by atoms with Gasteiger partial charge in [-0.15, -0.1) is 0 Å². The Morgan fingerprint density at radius 1 is 1.61 bits per heavy atom. The molecule has 0 aliphatic carbocycles. The van der Waals surface area contributed by atoms with Crippen LogP contribution < -0.4 is 5.73 Å². The largest absolute Gasteiger partial charge is 0.468 e. The smallest absolute Gasteiger partial charge is 0.322 e. The van der Waals surface area contributed by atoms with Gasteiger partial charge in [0.15, 0.2) is 0 Å². The molecular weight excluding hydrogens is 259 g/mol. The van der Waals surface area contributed by atoms with E-state index in [-0.39, 0.29) is 5.02 Å². The zero-order valence-corrected chi connectivity index (χ0v) is 10.4. The van der Waals surface area contributed by atoms with Gasteiger partial charge in [0.05, 0.1) is 12.1 Å². The molecule has 2 rings (SSSR count). The van der Waals surface area contributed by atoms with Gasteiger partial charge in [-0.3, -0.25) is 4.79 Å². The number of fused-ring (bicyclic) bond motifs is 1. The van der Waals surface area contributed by atoms with E-state index >= 15 is 0 Å². The summed E-state index contributed by atoms with van der Waals surface area (Å²) < 4.78 is 17.8. The molecule has 1 aromatic heterocycles. The molecule has 0 spiro atoms. The van der Waals surface area contributed by atoms with Crippen LogP contribution in [-0.2, 0) is 16.0 Å². The van der Waals surface area contributed by atoms with Crippen molar-refractivity contribution in [3.63, 3.8) is 0 Å². The van der Waals surface area contributed by atoms with E-state index in [1.54, 1.807) is 6.20 Å². The minimum absolute atomic E-state index is 0.0370. The second-order valence-electron chi connectivity index (χ2n) is 3.96. The van der Waals surface area contributed by atoms with Crippen molar-refractivity contribution >= 4 is 28.5 Å². The second-order valence-corrected chi connectivity index (χ2v) is 4.37. The van der Waals surface area contributed by atoms with E-state index in [0.29, 0.717) is 11.9 Å². The van der Waals surface area contributed by atoms with Crippen LogP contribution in [0.5, 0.6) is 0 Å². The Labute approximate surface area is 108 Å². The van der Waals surface area contributed by atoms with Crippen molar-refractivity contribution in [1.82, 2.24) is 4.98 Å². The lowest BCUT2D eigenvalue weighted by Gasteiger charge is -2.08. The van der Waals surface area contributed by atoms with Crippen molar-refractivity contribution < 1.29 is 13.9 Å². The van der Waals surface area contributed by atoms with E-state index in [9.17, 15) is 9.18 Å². The van der Waals surface area contributed by atoms with Crippen molar-refractivity contribution in [2.45, 2.75) is 12.5 Å². The highest BCUT2D eigenvalue weighted by molar-refractivity contribution is 6.31. The highest BCUT2D eigenvalue weighted by atomic mass is 35.5. The van der Waals surface area contributed by atoms with E-state index in [4.69, 9.17) is 17.3 Å². The number of methoxy groups -OCH3 is 1. The summed E-state index contributed by atoms with van der Waals surface area (Å²) in [5.41, 5.74) is 7.09. The Balaban J connectivity index is 2.35. The van der Waals surface area contributed by atoms with Crippen LogP contribution in [-0.4, -0.2) is 24.1 Å². The highest BCUT2D eigenvalue weighted by Gasteiger charge is 2.17. The van der Waals surface area contributed by atoms with E-state index in [1.165, 1.54) is 19.2 Å². The minimum atomic E-state index is -0.752. The fourth-order valence-corrected chi connectivity index (χ4v) is 1.98. The average Bonchev–Trinajstić information content (AvgIpc) is 2.71. The molecular formula is C12H12ClFN2O2. The van der Waals surface area contributed by atoms with Gasteiger partial charge < -0.3 is 15.5 Å². The summed E-state index contributed by atoms with van der Waals surface area (Å²) in [6.07, 6.45) is 1.98. The minimum Gasteiger partial charge on any atom is -0.468 e. The number of halogens is 2. The molecule has 2 aromatic rings. The molecule has 3 N–H and O–H groups in total. The maximum Gasteiger partial charge on any atom is 0.322 e. The molecule has 0 aliphatic heterocycles. The number of rotatable bonds is 3. The van der Waals surface area contributed by atoms with Gasteiger partial charge in [0.25, 0.3) is 0 Å². The molecule has 0 fully saturated rings. The predicted molar refractivity (Wildman–Crippen MR) is 67.0 cm³/mol. The van der Waals surface area contributed by atoms with Gasteiger partial charge in [-0.25, -0.2) is 4.39 Å². The third-order valence-corrected chi connectivity index (χ3v) is 3.04. The first-order valence-corrected chi connectivity index (χ1v) is 5.69. The molecule has 4 nitrogen and oxygen atoms in total. The van der Waals surface area contributed by atoms with Crippen LogP contribution in [0.1, 0.15) is 5.56 Å². The zero-order chi connectivity index (χ0) is 13.3. The van der Waals surface area contributed by atoms with Gasteiger partial charge in [0.2, 0.25) is 0 Å². The number of hydrogen-bond acceptors (Lipinski definition) is 3. The molecule has 0 unspecified atom stereocenters. The third-order valence-electron chi connectivity index (χ3n) is 2.75. The van der Waals surface area contributed by atoms with E-state index < -0.39 is 17.8 Å².